The van der Waals surface area contributed by atoms with Crippen LogP contribution in [0.3, 0.4) is 0 Å². The van der Waals surface area contributed by atoms with Crippen molar-refractivity contribution in [2.24, 2.45) is 0 Å². The number of amides is 2. The smallest absolute Gasteiger partial charge is 0.279 e. The SMILES string of the molecule is Cc1ccc(NC(=O)C[NH+](C)CC(=O)Nc2ccccc2Oc2ccccc2)cc1. The maximum Gasteiger partial charge on any atom is 0.279 e. The predicted octanol–water partition coefficient (Wildman–Crippen LogP) is 2.88. The van der Waals surface area contributed by atoms with E-state index < -0.39 is 0 Å². The van der Waals surface area contributed by atoms with Gasteiger partial charge in [-0.2, -0.15) is 0 Å². The third kappa shape index (κ3) is 6.46. The van der Waals surface area contributed by atoms with Crippen molar-refractivity contribution in [2.45, 2.75) is 6.92 Å². The Morgan fingerprint density at radius 3 is 2.10 bits per heavy atom. The molecule has 0 aromatic heterocycles. The van der Waals surface area contributed by atoms with Crippen molar-refractivity contribution in [3.8, 4) is 11.5 Å². The standard InChI is InChI=1S/C24H25N3O3/c1-18-12-14-19(15-13-18)25-23(28)16-27(2)17-24(29)26-21-10-6-7-11-22(21)30-20-8-4-3-5-9-20/h3-15H,16-17H2,1-2H3,(H,25,28)(H,26,29)/p+1. The molecular formula is C24H26N3O3+. The summed E-state index contributed by atoms with van der Waals surface area (Å²) < 4.78 is 5.87. The second-order valence-corrected chi connectivity index (χ2v) is 7.18. The van der Waals surface area contributed by atoms with Gasteiger partial charge in [0.2, 0.25) is 0 Å². The number of carbonyl (C=O) groups is 2. The molecule has 0 heterocycles. The number of ether oxygens (including phenoxy) is 1. The van der Waals surface area contributed by atoms with Crippen molar-refractivity contribution >= 4 is 23.2 Å². The van der Waals surface area contributed by atoms with Crippen molar-refractivity contribution in [1.82, 2.24) is 0 Å². The largest absolute Gasteiger partial charge is 0.455 e. The fourth-order valence-electron chi connectivity index (χ4n) is 2.92. The van der Waals surface area contributed by atoms with E-state index in [0.717, 1.165) is 16.2 Å². The van der Waals surface area contributed by atoms with Crippen LogP contribution in [0.5, 0.6) is 11.5 Å². The van der Waals surface area contributed by atoms with Gasteiger partial charge in [-0.1, -0.05) is 48.0 Å². The molecule has 0 saturated carbocycles. The molecule has 30 heavy (non-hydrogen) atoms. The number of hydrogen-bond donors (Lipinski definition) is 3. The average Bonchev–Trinajstić information content (AvgIpc) is 2.71. The highest BCUT2D eigenvalue weighted by Gasteiger charge is 2.16. The van der Waals surface area contributed by atoms with Gasteiger partial charge >= 0.3 is 0 Å². The Balaban J connectivity index is 1.52. The molecule has 3 aromatic rings. The second-order valence-electron chi connectivity index (χ2n) is 7.18. The Hall–Kier alpha value is -3.64. The molecule has 6 nitrogen and oxygen atoms in total. The highest BCUT2D eigenvalue weighted by atomic mass is 16.5. The molecule has 1 unspecified atom stereocenters. The molecule has 0 radical (unpaired) electrons. The predicted molar refractivity (Wildman–Crippen MR) is 118 cm³/mol. The van der Waals surface area contributed by atoms with Crippen LogP contribution in [0, 0.1) is 6.92 Å². The first-order chi connectivity index (χ1) is 14.5. The Morgan fingerprint density at radius 1 is 0.800 bits per heavy atom. The lowest BCUT2D eigenvalue weighted by molar-refractivity contribution is -0.862. The number of quaternary nitrogens is 1. The van der Waals surface area contributed by atoms with Crippen LogP contribution in [0.2, 0.25) is 0 Å². The van der Waals surface area contributed by atoms with E-state index in [-0.39, 0.29) is 24.9 Å². The quantitative estimate of drug-likeness (QED) is 0.541. The Kier molecular flexibility index (Phi) is 7.19. The number of benzene rings is 3. The molecule has 3 rings (SSSR count). The normalized spacial score (nSPS) is 11.4. The summed E-state index contributed by atoms with van der Waals surface area (Å²) in [5.74, 6) is 0.915. The van der Waals surface area contributed by atoms with Crippen molar-refractivity contribution in [3.63, 3.8) is 0 Å². The fraction of sp³-hybridized carbons (Fsp3) is 0.167. The van der Waals surface area contributed by atoms with Crippen molar-refractivity contribution in [2.75, 3.05) is 30.8 Å². The van der Waals surface area contributed by atoms with E-state index in [0.29, 0.717) is 17.2 Å². The zero-order chi connectivity index (χ0) is 21.3. The van der Waals surface area contributed by atoms with Gasteiger partial charge in [-0.05, 0) is 43.3 Å². The molecule has 2 amide bonds. The fourth-order valence-corrected chi connectivity index (χ4v) is 2.92. The summed E-state index contributed by atoms with van der Waals surface area (Å²) in [5.41, 5.74) is 2.46. The Morgan fingerprint density at radius 2 is 1.40 bits per heavy atom. The molecule has 3 aromatic carbocycles. The minimum absolute atomic E-state index is 0.142. The van der Waals surface area contributed by atoms with E-state index in [1.165, 1.54) is 0 Å². The zero-order valence-electron chi connectivity index (χ0n) is 17.1. The lowest BCUT2D eigenvalue weighted by atomic mass is 10.2. The lowest BCUT2D eigenvalue weighted by Crippen LogP contribution is -3.11. The van der Waals surface area contributed by atoms with E-state index in [2.05, 4.69) is 10.6 Å². The van der Waals surface area contributed by atoms with Gasteiger partial charge in [0.15, 0.2) is 18.8 Å². The van der Waals surface area contributed by atoms with E-state index in [9.17, 15) is 9.59 Å². The number of likely N-dealkylation sites (N-methyl/N-ethyl adjacent to an activating group) is 1. The number of nitrogens with one attached hydrogen (secondary N) is 3. The molecule has 0 saturated heterocycles. The van der Waals surface area contributed by atoms with E-state index >= 15 is 0 Å². The minimum Gasteiger partial charge on any atom is -0.455 e. The third-order valence-corrected chi connectivity index (χ3v) is 4.39. The molecule has 0 fully saturated rings. The van der Waals surface area contributed by atoms with Gasteiger partial charge < -0.3 is 20.3 Å². The summed E-state index contributed by atoms with van der Waals surface area (Å²) in [4.78, 5) is 25.5. The summed E-state index contributed by atoms with van der Waals surface area (Å²) in [6.45, 7) is 2.33. The van der Waals surface area contributed by atoms with E-state index in [1.807, 2.05) is 73.7 Å². The van der Waals surface area contributed by atoms with Gasteiger partial charge in [0.05, 0.1) is 12.7 Å². The van der Waals surface area contributed by atoms with Crippen LogP contribution in [-0.4, -0.2) is 32.0 Å². The molecule has 0 aliphatic rings. The zero-order valence-corrected chi connectivity index (χ0v) is 17.1. The van der Waals surface area contributed by atoms with Crippen LogP contribution in [0.25, 0.3) is 0 Å². The monoisotopic (exact) mass is 404 g/mol. The van der Waals surface area contributed by atoms with Gasteiger partial charge in [-0.15, -0.1) is 0 Å². The van der Waals surface area contributed by atoms with Crippen molar-refractivity contribution in [1.29, 1.82) is 0 Å². The molecule has 0 aliphatic carbocycles. The molecule has 0 spiro atoms. The first-order valence-electron chi connectivity index (χ1n) is 9.79. The van der Waals surface area contributed by atoms with Crippen molar-refractivity contribution in [3.05, 3.63) is 84.4 Å². The first kappa shape index (κ1) is 21.1. The van der Waals surface area contributed by atoms with Crippen LogP contribution in [0.15, 0.2) is 78.9 Å². The summed E-state index contributed by atoms with van der Waals surface area (Å²) in [5, 5.41) is 5.72. The van der Waals surface area contributed by atoms with Crippen LogP contribution in [-0.2, 0) is 9.59 Å². The number of aryl methyl sites for hydroxylation is 1. The summed E-state index contributed by atoms with van der Waals surface area (Å²) in [6, 6.07) is 24.2. The third-order valence-electron chi connectivity index (χ3n) is 4.39. The summed E-state index contributed by atoms with van der Waals surface area (Å²) in [7, 11) is 1.81. The topological polar surface area (TPSA) is 71.9 Å². The highest BCUT2D eigenvalue weighted by Crippen LogP contribution is 2.28. The molecular weight excluding hydrogens is 378 g/mol. The summed E-state index contributed by atoms with van der Waals surface area (Å²) in [6.07, 6.45) is 0. The first-order valence-corrected chi connectivity index (χ1v) is 9.79. The Labute approximate surface area is 176 Å². The number of hydrogen-bond acceptors (Lipinski definition) is 3. The van der Waals surface area contributed by atoms with Crippen LogP contribution in [0.1, 0.15) is 5.56 Å². The lowest BCUT2D eigenvalue weighted by Gasteiger charge is -2.15. The van der Waals surface area contributed by atoms with Gasteiger partial charge in [0.25, 0.3) is 11.8 Å². The number of rotatable bonds is 8. The number of anilines is 2. The summed E-state index contributed by atoms with van der Waals surface area (Å²) >= 11 is 0. The van der Waals surface area contributed by atoms with E-state index in [4.69, 9.17) is 4.74 Å². The van der Waals surface area contributed by atoms with Gasteiger partial charge in [-0.25, -0.2) is 0 Å². The highest BCUT2D eigenvalue weighted by molar-refractivity contribution is 5.94. The molecule has 0 bridgehead atoms. The number of carbonyl (C=O) groups excluding carboxylic acids is 2. The molecule has 3 N–H and O–H groups in total. The minimum atomic E-state index is -0.195. The number of para-hydroxylation sites is 3. The Bertz CT molecular complexity index is 988. The van der Waals surface area contributed by atoms with Gasteiger partial charge in [0, 0.05) is 5.69 Å². The van der Waals surface area contributed by atoms with E-state index in [1.54, 1.807) is 19.2 Å². The second kappa shape index (κ2) is 10.2. The average molecular weight is 404 g/mol. The molecule has 1 atom stereocenters. The molecule has 6 heteroatoms. The van der Waals surface area contributed by atoms with Crippen LogP contribution in [0.4, 0.5) is 11.4 Å². The maximum absolute atomic E-state index is 12.5. The molecule has 0 aliphatic heterocycles. The van der Waals surface area contributed by atoms with Crippen molar-refractivity contribution < 1.29 is 19.2 Å². The van der Waals surface area contributed by atoms with Crippen LogP contribution < -0.4 is 20.3 Å². The maximum atomic E-state index is 12.5. The van der Waals surface area contributed by atoms with Gasteiger partial charge in [-0.3, -0.25) is 9.59 Å². The molecule has 154 valence electrons. The van der Waals surface area contributed by atoms with Gasteiger partial charge in [0.1, 0.15) is 5.75 Å². The van der Waals surface area contributed by atoms with Crippen LogP contribution >= 0.6 is 0 Å².